The smallest absolute Gasteiger partial charge is 0.345 e. The Morgan fingerprint density at radius 3 is 2.27 bits per heavy atom. The van der Waals surface area contributed by atoms with Gasteiger partial charge in [0.1, 0.15) is 5.58 Å². The van der Waals surface area contributed by atoms with Crippen molar-refractivity contribution in [2.75, 3.05) is 0 Å². The first-order chi connectivity index (χ1) is 14.4. The van der Waals surface area contributed by atoms with Crippen molar-refractivity contribution < 1.29 is 13.9 Å². The molecule has 4 aromatic rings. The molecule has 0 spiro atoms. The molecule has 0 atom stereocenters. The van der Waals surface area contributed by atoms with Crippen molar-refractivity contribution >= 4 is 51.7 Å². The summed E-state index contributed by atoms with van der Waals surface area (Å²) in [7, 11) is 0. The van der Waals surface area contributed by atoms with Crippen LogP contribution in [-0.4, -0.2) is 5.97 Å². The molecule has 0 aliphatic rings. The summed E-state index contributed by atoms with van der Waals surface area (Å²) in [6, 6.07) is 16.3. The Hall–Kier alpha value is -2.79. The molecule has 0 amide bonds. The third kappa shape index (κ3) is 3.70. The highest BCUT2D eigenvalue weighted by Gasteiger charge is 2.24. The van der Waals surface area contributed by atoms with Crippen LogP contribution in [0.1, 0.15) is 15.9 Å². The molecule has 1 heterocycles. The molecule has 0 bridgehead atoms. The summed E-state index contributed by atoms with van der Waals surface area (Å²) in [5, 5.41) is 1.11. The highest BCUT2D eigenvalue weighted by Crippen LogP contribution is 2.36. The average Bonchev–Trinajstić information content (AvgIpc) is 2.72. The van der Waals surface area contributed by atoms with Gasteiger partial charge in [-0.3, -0.25) is 4.79 Å². The molecule has 0 saturated carbocycles. The van der Waals surface area contributed by atoms with Crippen LogP contribution < -0.4 is 10.2 Å². The summed E-state index contributed by atoms with van der Waals surface area (Å²) < 4.78 is 11.5. The van der Waals surface area contributed by atoms with E-state index in [9.17, 15) is 9.59 Å². The lowest BCUT2D eigenvalue weighted by atomic mass is 10.1. The van der Waals surface area contributed by atoms with E-state index in [4.69, 9.17) is 44.0 Å². The van der Waals surface area contributed by atoms with Gasteiger partial charge in [-0.15, -0.1) is 0 Å². The Kier molecular flexibility index (Phi) is 5.56. The predicted molar refractivity (Wildman–Crippen MR) is 119 cm³/mol. The van der Waals surface area contributed by atoms with E-state index in [0.717, 1.165) is 5.56 Å². The van der Waals surface area contributed by atoms with E-state index in [0.29, 0.717) is 21.2 Å². The molecule has 0 aliphatic heterocycles. The van der Waals surface area contributed by atoms with Gasteiger partial charge < -0.3 is 9.15 Å². The minimum Gasteiger partial charge on any atom is -0.452 e. The molecule has 4 nitrogen and oxygen atoms in total. The highest BCUT2D eigenvalue weighted by molar-refractivity contribution is 6.34. The fraction of sp³-hybridized carbons (Fsp3) is 0.0435. The van der Waals surface area contributed by atoms with Crippen LogP contribution in [0, 0.1) is 6.92 Å². The molecule has 1 aromatic heterocycles. The lowest BCUT2D eigenvalue weighted by Crippen LogP contribution is -2.16. The monoisotopic (exact) mass is 458 g/mol. The third-order valence-electron chi connectivity index (χ3n) is 4.54. The Bertz CT molecular complexity index is 1360. The second-order valence-electron chi connectivity index (χ2n) is 6.54. The molecule has 0 saturated heterocycles. The number of esters is 1. The second kappa shape index (κ2) is 8.15. The van der Waals surface area contributed by atoms with E-state index in [1.54, 1.807) is 55.5 Å². The second-order valence-corrected chi connectivity index (χ2v) is 7.76. The largest absolute Gasteiger partial charge is 0.452 e. The maximum Gasteiger partial charge on any atom is 0.345 e. The van der Waals surface area contributed by atoms with Gasteiger partial charge in [0.25, 0.3) is 0 Å². The van der Waals surface area contributed by atoms with Gasteiger partial charge in [0, 0.05) is 10.6 Å². The molecule has 0 aliphatic carbocycles. The molecular formula is C23H13Cl3O4. The highest BCUT2D eigenvalue weighted by atomic mass is 35.5. The van der Waals surface area contributed by atoms with Crippen LogP contribution in [0.15, 0.2) is 69.9 Å². The average molecular weight is 460 g/mol. The molecule has 4 rings (SSSR count). The van der Waals surface area contributed by atoms with Gasteiger partial charge in [-0.05, 0) is 48.9 Å². The number of hydrogen-bond donors (Lipinski definition) is 0. The van der Waals surface area contributed by atoms with Crippen LogP contribution in [0.5, 0.6) is 5.75 Å². The van der Waals surface area contributed by atoms with Gasteiger partial charge in [0.15, 0.2) is 5.76 Å². The maximum absolute atomic E-state index is 13.3. The zero-order valence-electron chi connectivity index (χ0n) is 15.5. The van der Waals surface area contributed by atoms with E-state index >= 15 is 0 Å². The molecule has 3 aromatic carbocycles. The van der Waals surface area contributed by atoms with Crippen LogP contribution in [-0.2, 0) is 0 Å². The lowest BCUT2D eigenvalue weighted by molar-refractivity contribution is 0.0731. The number of benzene rings is 3. The van der Waals surface area contributed by atoms with Crippen molar-refractivity contribution in [3.8, 4) is 17.1 Å². The molecular weight excluding hydrogens is 447 g/mol. The first-order valence-electron chi connectivity index (χ1n) is 8.85. The first kappa shape index (κ1) is 20.5. The Morgan fingerprint density at radius 2 is 1.57 bits per heavy atom. The quantitative estimate of drug-likeness (QED) is 0.311. The standard InChI is InChI=1S/C23H13Cl3O4/c1-12-10-19-15(11-18(12)26)20(27)22(21(29-19)13-6-2-4-8-16(13)24)30-23(28)14-7-3-5-9-17(14)25/h2-11H,1H3. The molecule has 30 heavy (non-hydrogen) atoms. The maximum atomic E-state index is 13.3. The number of carbonyl (C=O) groups is 1. The van der Waals surface area contributed by atoms with Gasteiger partial charge in [-0.25, -0.2) is 4.79 Å². The van der Waals surface area contributed by atoms with Crippen molar-refractivity contribution in [1.82, 2.24) is 0 Å². The number of carbonyl (C=O) groups excluding carboxylic acids is 1. The zero-order chi connectivity index (χ0) is 21.4. The first-order valence-corrected chi connectivity index (χ1v) is 9.98. The van der Waals surface area contributed by atoms with E-state index in [2.05, 4.69) is 0 Å². The van der Waals surface area contributed by atoms with Crippen LogP contribution >= 0.6 is 34.8 Å². The molecule has 0 fully saturated rings. The van der Waals surface area contributed by atoms with Crippen molar-refractivity contribution in [3.05, 3.63) is 97.1 Å². The molecule has 150 valence electrons. The van der Waals surface area contributed by atoms with Crippen LogP contribution in [0.25, 0.3) is 22.3 Å². The normalized spacial score (nSPS) is 10.9. The third-order valence-corrected chi connectivity index (χ3v) is 5.60. The Balaban J connectivity index is 1.98. The number of aryl methyl sites for hydroxylation is 1. The minimum absolute atomic E-state index is 0.0419. The van der Waals surface area contributed by atoms with Crippen molar-refractivity contribution in [3.63, 3.8) is 0 Å². The van der Waals surface area contributed by atoms with Crippen molar-refractivity contribution in [2.24, 2.45) is 0 Å². The van der Waals surface area contributed by atoms with Crippen molar-refractivity contribution in [1.29, 1.82) is 0 Å². The van der Waals surface area contributed by atoms with Gasteiger partial charge in [-0.2, -0.15) is 0 Å². The van der Waals surface area contributed by atoms with Gasteiger partial charge in [0.2, 0.25) is 11.2 Å². The molecule has 0 unspecified atom stereocenters. The number of hydrogen-bond acceptors (Lipinski definition) is 4. The molecule has 0 radical (unpaired) electrons. The zero-order valence-corrected chi connectivity index (χ0v) is 17.8. The summed E-state index contributed by atoms with van der Waals surface area (Å²) in [5.41, 5.74) is 1.01. The summed E-state index contributed by atoms with van der Waals surface area (Å²) in [6.45, 7) is 1.79. The predicted octanol–water partition coefficient (Wildman–Crippen LogP) is 6.95. The summed E-state index contributed by atoms with van der Waals surface area (Å²) in [4.78, 5) is 26.0. The molecule has 7 heteroatoms. The number of fused-ring (bicyclic) bond motifs is 1. The van der Waals surface area contributed by atoms with Crippen LogP contribution in [0.2, 0.25) is 15.1 Å². The number of rotatable bonds is 3. The Labute approximate surface area is 186 Å². The number of halogens is 3. The SMILES string of the molecule is Cc1cc2oc(-c3ccccc3Cl)c(OC(=O)c3ccccc3Cl)c(=O)c2cc1Cl. The van der Waals surface area contributed by atoms with Gasteiger partial charge >= 0.3 is 5.97 Å². The summed E-state index contributed by atoms with van der Waals surface area (Å²) in [6.07, 6.45) is 0. The van der Waals surface area contributed by atoms with Gasteiger partial charge in [-0.1, -0.05) is 59.1 Å². The van der Waals surface area contributed by atoms with E-state index in [-0.39, 0.29) is 27.5 Å². The van der Waals surface area contributed by atoms with Gasteiger partial charge in [0.05, 0.1) is 21.0 Å². The van der Waals surface area contributed by atoms with Crippen LogP contribution in [0.4, 0.5) is 0 Å². The van der Waals surface area contributed by atoms with E-state index in [1.165, 1.54) is 12.1 Å². The fourth-order valence-electron chi connectivity index (χ4n) is 2.99. The Morgan fingerprint density at radius 1 is 0.900 bits per heavy atom. The molecule has 0 N–H and O–H groups in total. The van der Waals surface area contributed by atoms with E-state index in [1.807, 2.05) is 0 Å². The van der Waals surface area contributed by atoms with E-state index < -0.39 is 11.4 Å². The summed E-state index contributed by atoms with van der Waals surface area (Å²) in [5.74, 6) is -1.04. The minimum atomic E-state index is -0.793. The fourth-order valence-corrected chi connectivity index (χ4v) is 3.59. The topological polar surface area (TPSA) is 56.5 Å². The van der Waals surface area contributed by atoms with Crippen LogP contribution in [0.3, 0.4) is 0 Å². The van der Waals surface area contributed by atoms with Crippen molar-refractivity contribution in [2.45, 2.75) is 6.92 Å². The summed E-state index contributed by atoms with van der Waals surface area (Å²) >= 11 is 18.6. The number of ether oxygens (including phenoxy) is 1. The lowest BCUT2D eigenvalue weighted by Gasteiger charge is -2.12.